The molecule has 2 aromatic heterocycles. The highest BCUT2D eigenvalue weighted by Crippen LogP contribution is 2.47. The van der Waals surface area contributed by atoms with Gasteiger partial charge in [0.15, 0.2) is 17.5 Å². The molecule has 1 aliphatic carbocycles. The Morgan fingerprint density at radius 2 is 1.41 bits per heavy atom. The molecule has 0 radical (unpaired) electrons. The van der Waals surface area contributed by atoms with Gasteiger partial charge in [0, 0.05) is 49.5 Å². The van der Waals surface area contributed by atoms with E-state index in [9.17, 15) is 4.39 Å². The molecule has 3 heterocycles. The van der Waals surface area contributed by atoms with Crippen LogP contribution in [-0.2, 0) is 0 Å². The van der Waals surface area contributed by atoms with Crippen LogP contribution in [0.15, 0.2) is 161 Å². The number of hydrogen-bond acceptors (Lipinski definition) is 6. The number of amidine groups is 1. The third kappa shape index (κ3) is 5.96. The van der Waals surface area contributed by atoms with E-state index >= 15 is 0 Å². The number of allylic oxidation sites excluding steroid dienone is 2. The van der Waals surface area contributed by atoms with Crippen LogP contribution in [-0.4, -0.2) is 33.1 Å². The van der Waals surface area contributed by atoms with E-state index in [1.807, 2.05) is 97.1 Å². The molecule has 1 aliphatic heterocycles. The van der Waals surface area contributed by atoms with Crippen molar-refractivity contribution in [2.24, 2.45) is 15.9 Å². The van der Waals surface area contributed by atoms with Gasteiger partial charge in [-0.15, -0.1) is 11.3 Å². The van der Waals surface area contributed by atoms with Gasteiger partial charge in [0.1, 0.15) is 23.5 Å². The zero-order valence-electron chi connectivity index (χ0n) is 27.1. The highest BCUT2D eigenvalue weighted by molar-refractivity contribution is 7.17. The van der Waals surface area contributed by atoms with E-state index in [2.05, 4.69) is 29.7 Å². The molecular formula is C43H28FN5OS. The number of aromatic nitrogens is 3. The minimum absolute atomic E-state index is 0.298. The Kier molecular flexibility index (Phi) is 7.91. The first-order chi connectivity index (χ1) is 25.2. The van der Waals surface area contributed by atoms with Gasteiger partial charge in [-0.05, 0) is 29.8 Å². The summed E-state index contributed by atoms with van der Waals surface area (Å²) in [4.78, 5) is 25.0. The average Bonchev–Trinajstić information content (AvgIpc) is 3.79. The van der Waals surface area contributed by atoms with Gasteiger partial charge in [-0.2, -0.15) is 0 Å². The normalized spacial score (nSPS) is 16.6. The molecule has 0 bridgehead atoms. The Hall–Kier alpha value is -6.38. The molecule has 6 nitrogen and oxygen atoms in total. The molecule has 2 aliphatic rings. The maximum atomic E-state index is 13.7. The number of benzene rings is 5. The molecule has 0 fully saturated rings. The molecule has 0 saturated carbocycles. The van der Waals surface area contributed by atoms with Gasteiger partial charge < -0.3 is 4.74 Å². The van der Waals surface area contributed by atoms with E-state index in [1.54, 1.807) is 29.7 Å². The quantitative estimate of drug-likeness (QED) is 0.129. The average molecular weight is 682 g/mol. The van der Waals surface area contributed by atoms with Crippen molar-refractivity contribution in [3.63, 3.8) is 0 Å². The van der Waals surface area contributed by atoms with Gasteiger partial charge in [0.05, 0.1) is 11.6 Å². The van der Waals surface area contributed by atoms with E-state index in [1.165, 1.54) is 12.1 Å². The van der Waals surface area contributed by atoms with Crippen molar-refractivity contribution in [2.75, 3.05) is 0 Å². The number of aliphatic imine (C=N–C) groups is 2. The molecule has 8 heteroatoms. The van der Waals surface area contributed by atoms with Gasteiger partial charge in [-0.25, -0.2) is 29.3 Å². The Bertz CT molecular complexity index is 2470. The summed E-state index contributed by atoms with van der Waals surface area (Å²) in [6.45, 7) is 0. The maximum Gasteiger partial charge on any atom is 0.164 e. The van der Waals surface area contributed by atoms with Crippen LogP contribution < -0.4 is 4.74 Å². The third-order valence-corrected chi connectivity index (χ3v) is 9.90. The largest absolute Gasteiger partial charge is 0.484 e. The first-order valence-electron chi connectivity index (χ1n) is 16.6. The van der Waals surface area contributed by atoms with Gasteiger partial charge in [0.25, 0.3) is 0 Å². The number of hydrogen-bond donors (Lipinski definition) is 0. The highest BCUT2D eigenvalue weighted by atomic mass is 32.1. The topological polar surface area (TPSA) is 72.6 Å². The summed E-state index contributed by atoms with van der Waals surface area (Å²) in [6, 6.07) is 40.4. The lowest BCUT2D eigenvalue weighted by Crippen LogP contribution is -2.30. The zero-order valence-corrected chi connectivity index (χ0v) is 27.9. The molecule has 51 heavy (non-hydrogen) atoms. The zero-order chi connectivity index (χ0) is 34.1. The molecule has 5 aromatic carbocycles. The van der Waals surface area contributed by atoms with E-state index < -0.39 is 6.10 Å². The fourth-order valence-corrected chi connectivity index (χ4v) is 7.36. The first kappa shape index (κ1) is 30.7. The van der Waals surface area contributed by atoms with Gasteiger partial charge >= 0.3 is 0 Å². The molecular weight excluding hydrogens is 654 g/mol. The molecule has 2 unspecified atom stereocenters. The number of fused-ring (bicyclic) bond motifs is 4. The van der Waals surface area contributed by atoms with Crippen molar-refractivity contribution in [3.8, 4) is 39.9 Å². The molecule has 0 spiro atoms. The second-order valence-corrected chi connectivity index (χ2v) is 13.1. The van der Waals surface area contributed by atoms with Crippen LogP contribution in [0.2, 0.25) is 0 Å². The SMILES string of the molecule is Fc1ccc(/C=N/C(=N\c2csc3ccccc23)C2C=CC=C3c4c(cccc4-c4nc(-c5ccccc5)nc(-c5ccccc5)n4)OC32)cc1. The van der Waals surface area contributed by atoms with Crippen LogP contribution in [0.25, 0.3) is 49.8 Å². The second kappa shape index (κ2) is 13.2. The fourth-order valence-electron chi connectivity index (χ4n) is 6.48. The lowest BCUT2D eigenvalue weighted by atomic mass is 9.86. The van der Waals surface area contributed by atoms with Crippen LogP contribution in [0.5, 0.6) is 5.75 Å². The third-order valence-electron chi connectivity index (χ3n) is 8.95. The Morgan fingerprint density at radius 3 is 2.16 bits per heavy atom. The molecule has 7 aromatic rings. The van der Waals surface area contributed by atoms with Crippen LogP contribution in [0.3, 0.4) is 0 Å². The number of ether oxygens (including phenoxy) is 1. The Labute approximate surface area is 297 Å². The standard InChI is InChI=1S/C43H28FN5OS/c44-30-23-21-27(22-24-30)25-45-42(46-35-26-51-37-20-8-7-15-31(35)37)34-18-9-16-32-38-33(17-10-19-36(38)50-39(32)34)43-48-40(28-11-3-1-4-12-28)47-41(49-43)29-13-5-2-6-14-29/h1-26,34,39H/b45-25+,46-42-. The molecule has 2 atom stereocenters. The van der Waals surface area contributed by atoms with Crippen molar-refractivity contribution in [2.45, 2.75) is 6.10 Å². The Balaban J connectivity index is 1.14. The van der Waals surface area contributed by atoms with Crippen LogP contribution >= 0.6 is 11.3 Å². The van der Waals surface area contributed by atoms with E-state index in [0.717, 1.165) is 54.9 Å². The first-order valence-corrected chi connectivity index (χ1v) is 17.5. The predicted molar refractivity (Wildman–Crippen MR) is 204 cm³/mol. The number of thiophene rings is 1. The minimum Gasteiger partial charge on any atom is -0.484 e. The van der Waals surface area contributed by atoms with Crippen molar-refractivity contribution < 1.29 is 9.13 Å². The number of rotatable bonds is 6. The van der Waals surface area contributed by atoms with Crippen molar-refractivity contribution in [3.05, 3.63) is 168 Å². The summed E-state index contributed by atoms with van der Waals surface area (Å²) in [5.74, 6) is 2.45. The van der Waals surface area contributed by atoms with E-state index in [0.29, 0.717) is 23.3 Å². The van der Waals surface area contributed by atoms with Gasteiger partial charge in [0.2, 0.25) is 0 Å². The monoisotopic (exact) mass is 681 g/mol. The van der Waals surface area contributed by atoms with Crippen molar-refractivity contribution in [1.82, 2.24) is 15.0 Å². The molecule has 9 rings (SSSR count). The van der Waals surface area contributed by atoms with Crippen LogP contribution in [0, 0.1) is 11.7 Å². The molecule has 0 N–H and O–H groups in total. The smallest absolute Gasteiger partial charge is 0.164 e. The Morgan fingerprint density at radius 1 is 0.725 bits per heavy atom. The minimum atomic E-state index is -0.399. The van der Waals surface area contributed by atoms with Gasteiger partial charge in [-0.1, -0.05) is 121 Å². The summed E-state index contributed by atoms with van der Waals surface area (Å²) in [5.41, 5.74) is 6.20. The lowest BCUT2D eigenvalue weighted by molar-refractivity contribution is 0.255. The maximum absolute atomic E-state index is 13.7. The summed E-state index contributed by atoms with van der Waals surface area (Å²) < 4.78 is 21.6. The van der Waals surface area contributed by atoms with Crippen LogP contribution in [0.4, 0.5) is 10.1 Å². The number of nitrogens with zero attached hydrogens (tertiary/aromatic N) is 5. The number of halogens is 1. The fraction of sp³-hybridized carbons (Fsp3) is 0.0465. The summed E-state index contributed by atoms with van der Waals surface area (Å²) in [6.07, 6.45) is 7.55. The molecule has 244 valence electrons. The predicted octanol–water partition coefficient (Wildman–Crippen LogP) is 10.4. The molecule has 0 saturated heterocycles. The molecule has 0 amide bonds. The van der Waals surface area contributed by atoms with Gasteiger partial charge in [-0.3, -0.25) is 0 Å². The summed E-state index contributed by atoms with van der Waals surface area (Å²) in [5, 5.41) is 3.11. The van der Waals surface area contributed by atoms with E-state index in [4.69, 9.17) is 29.7 Å². The van der Waals surface area contributed by atoms with Crippen LogP contribution in [0.1, 0.15) is 11.1 Å². The summed E-state index contributed by atoms with van der Waals surface area (Å²) >= 11 is 1.65. The van der Waals surface area contributed by atoms with Crippen molar-refractivity contribution in [1.29, 1.82) is 0 Å². The summed E-state index contributed by atoms with van der Waals surface area (Å²) in [7, 11) is 0. The second-order valence-electron chi connectivity index (χ2n) is 12.2. The van der Waals surface area contributed by atoms with E-state index in [-0.39, 0.29) is 11.7 Å². The lowest BCUT2D eigenvalue weighted by Gasteiger charge is -2.24. The van der Waals surface area contributed by atoms with Crippen molar-refractivity contribution >= 4 is 44.7 Å². The highest BCUT2D eigenvalue weighted by Gasteiger charge is 2.40.